The summed E-state index contributed by atoms with van der Waals surface area (Å²) < 4.78 is 12.7. The molecule has 3 aromatic rings. The Bertz CT molecular complexity index is 771. The number of methoxy groups -OCH3 is 2. The largest absolute Gasteiger partial charge is 0.497 e. The number of fused-ring (bicyclic) bond motifs is 1. The molecule has 0 unspecified atom stereocenters. The van der Waals surface area contributed by atoms with Crippen LogP contribution in [0, 0.1) is 0 Å². The van der Waals surface area contributed by atoms with Crippen LogP contribution in [0.15, 0.2) is 36.0 Å². The van der Waals surface area contributed by atoms with E-state index in [1.807, 2.05) is 40.4 Å². The highest BCUT2D eigenvalue weighted by Gasteiger charge is 2.13. The molecule has 0 atom stereocenters. The Morgan fingerprint density at radius 1 is 1.25 bits per heavy atom. The number of nitrogens with zero attached hydrogens (tertiary/aromatic N) is 3. The highest BCUT2D eigenvalue weighted by atomic mass is 32.1. The van der Waals surface area contributed by atoms with E-state index >= 15 is 0 Å². The quantitative estimate of drug-likeness (QED) is 0.678. The molecule has 24 heavy (non-hydrogen) atoms. The van der Waals surface area contributed by atoms with Gasteiger partial charge in [-0.2, -0.15) is 0 Å². The number of hydrogen-bond donors (Lipinski definition) is 1. The second-order valence-corrected chi connectivity index (χ2v) is 6.31. The molecule has 3 rings (SSSR count). The molecular weight excluding hydrogens is 326 g/mol. The summed E-state index contributed by atoms with van der Waals surface area (Å²) in [4.78, 5) is 7.75. The molecule has 1 N–H and O–H groups in total. The van der Waals surface area contributed by atoms with E-state index in [1.54, 1.807) is 25.6 Å². The fourth-order valence-corrected chi connectivity index (χ4v) is 3.38. The first-order valence-corrected chi connectivity index (χ1v) is 8.56. The Labute approximate surface area is 144 Å². The molecule has 0 radical (unpaired) electrons. The highest BCUT2D eigenvalue weighted by molar-refractivity contribution is 7.15. The van der Waals surface area contributed by atoms with Crippen LogP contribution in [0.2, 0.25) is 0 Å². The number of aliphatic hydroxyl groups excluding tert-OH is 1. The number of benzene rings is 1. The number of thiazole rings is 1. The minimum Gasteiger partial charge on any atom is -0.497 e. The van der Waals surface area contributed by atoms with Gasteiger partial charge in [0.05, 0.1) is 26.5 Å². The van der Waals surface area contributed by atoms with Crippen molar-refractivity contribution in [1.29, 1.82) is 0 Å². The van der Waals surface area contributed by atoms with Gasteiger partial charge < -0.3 is 14.6 Å². The van der Waals surface area contributed by atoms with Crippen molar-refractivity contribution in [3.63, 3.8) is 0 Å². The van der Waals surface area contributed by atoms with Gasteiger partial charge in [0.15, 0.2) is 4.96 Å². The van der Waals surface area contributed by atoms with Crippen molar-refractivity contribution in [3.05, 3.63) is 47.2 Å². The molecule has 7 heteroatoms. The molecule has 0 fully saturated rings. The van der Waals surface area contributed by atoms with Crippen molar-refractivity contribution in [1.82, 2.24) is 14.3 Å². The lowest BCUT2D eigenvalue weighted by atomic mass is 10.1. The van der Waals surface area contributed by atoms with Crippen LogP contribution < -0.4 is 9.47 Å². The molecule has 6 nitrogen and oxygen atoms in total. The van der Waals surface area contributed by atoms with E-state index in [9.17, 15) is 5.11 Å². The molecule has 0 saturated heterocycles. The Morgan fingerprint density at radius 3 is 2.83 bits per heavy atom. The zero-order chi connectivity index (χ0) is 16.9. The van der Waals surface area contributed by atoms with Crippen molar-refractivity contribution in [2.75, 3.05) is 27.4 Å². The van der Waals surface area contributed by atoms with Crippen LogP contribution in [-0.4, -0.2) is 46.8 Å². The predicted octanol–water partition coefficient (Wildman–Crippen LogP) is 2.41. The minimum atomic E-state index is 0.0979. The Kier molecular flexibility index (Phi) is 5.34. The zero-order valence-corrected chi connectivity index (χ0v) is 14.6. The molecule has 0 aliphatic rings. The lowest BCUT2D eigenvalue weighted by Crippen LogP contribution is -2.26. The van der Waals surface area contributed by atoms with E-state index in [4.69, 9.17) is 9.47 Å². The summed E-state index contributed by atoms with van der Waals surface area (Å²) in [6, 6.07) is 5.79. The molecule has 0 bridgehead atoms. The number of hydrogen-bond acceptors (Lipinski definition) is 6. The Hall–Kier alpha value is -2.09. The van der Waals surface area contributed by atoms with Gasteiger partial charge in [-0.15, -0.1) is 11.3 Å². The summed E-state index contributed by atoms with van der Waals surface area (Å²) >= 11 is 1.61. The molecule has 2 aromatic heterocycles. The van der Waals surface area contributed by atoms with Crippen molar-refractivity contribution >= 4 is 16.3 Å². The number of rotatable bonds is 8. The van der Waals surface area contributed by atoms with Crippen LogP contribution in [-0.2, 0) is 13.1 Å². The van der Waals surface area contributed by atoms with Crippen molar-refractivity contribution in [2.24, 2.45) is 0 Å². The molecule has 0 amide bonds. The van der Waals surface area contributed by atoms with E-state index < -0.39 is 0 Å². The smallest absolute Gasteiger partial charge is 0.193 e. The molecule has 0 spiro atoms. The van der Waals surface area contributed by atoms with Gasteiger partial charge in [-0.1, -0.05) is 6.07 Å². The number of aliphatic hydroxyl groups is 1. The van der Waals surface area contributed by atoms with Crippen molar-refractivity contribution in [2.45, 2.75) is 13.1 Å². The van der Waals surface area contributed by atoms with Gasteiger partial charge in [0.25, 0.3) is 0 Å². The topological polar surface area (TPSA) is 59.2 Å². The van der Waals surface area contributed by atoms with Gasteiger partial charge in [0.2, 0.25) is 0 Å². The molecule has 0 aliphatic heterocycles. The third-order valence-electron chi connectivity index (χ3n) is 3.83. The lowest BCUT2D eigenvalue weighted by molar-refractivity contribution is 0.181. The van der Waals surface area contributed by atoms with Crippen LogP contribution in [0.3, 0.4) is 0 Å². The summed E-state index contributed by atoms with van der Waals surface area (Å²) in [5.74, 6) is 1.54. The second-order valence-electron chi connectivity index (χ2n) is 5.44. The van der Waals surface area contributed by atoms with Crippen LogP contribution in [0.1, 0.15) is 11.3 Å². The average Bonchev–Trinajstić information content (AvgIpc) is 3.16. The normalized spacial score (nSPS) is 11.3. The maximum Gasteiger partial charge on any atom is 0.193 e. The predicted molar refractivity (Wildman–Crippen MR) is 93.8 cm³/mol. The minimum absolute atomic E-state index is 0.0979. The molecule has 128 valence electrons. The van der Waals surface area contributed by atoms with Crippen molar-refractivity contribution < 1.29 is 14.6 Å². The maximum absolute atomic E-state index is 9.38. The first-order valence-electron chi connectivity index (χ1n) is 7.68. The summed E-state index contributed by atoms with van der Waals surface area (Å²) in [6.45, 7) is 2.00. The monoisotopic (exact) mass is 347 g/mol. The molecule has 0 aliphatic carbocycles. The Morgan fingerprint density at radius 2 is 2.12 bits per heavy atom. The van der Waals surface area contributed by atoms with Crippen LogP contribution in [0.5, 0.6) is 11.5 Å². The average molecular weight is 347 g/mol. The van der Waals surface area contributed by atoms with Gasteiger partial charge in [0.1, 0.15) is 11.5 Å². The van der Waals surface area contributed by atoms with Crippen LogP contribution in [0.25, 0.3) is 4.96 Å². The van der Waals surface area contributed by atoms with E-state index in [1.165, 1.54) is 0 Å². The highest BCUT2D eigenvalue weighted by Crippen LogP contribution is 2.26. The third kappa shape index (κ3) is 3.69. The van der Waals surface area contributed by atoms with Gasteiger partial charge in [-0.25, -0.2) is 4.98 Å². The van der Waals surface area contributed by atoms with Crippen molar-refractivity contribution in [3.8, 4) is 11.5 Å². The summed E-state index contributed by atoms with van der Waals surface area (Å²) in [5.41, 5.74) is 2.04. The maximum atomic E-state index is 9.38. The van der Waals surface area contributed by atoms with Gasteiger partial charge in [0, 0.05) is 49.0 Å². The zero-order valence-electron chi connectivity index (χ0n) is 13.8. The van der Waals surface area contributed by atoms with E-state index in [2.05, 4.69) is 9.88 Å². The van der Waals surface area contributed by atoms with Gasteiger partial charge >= 0.3 is 0 Å². The van der Waals surface area contributed by atoms with Gasteiger partial charge in [-0.05, 0) is 6.07 Å². The first-order chi connectivity index (χ1) is 11.7. The number of imidazole rings is 1. The number of ether oxygens (including phenoxy) is 2. The number of aromatic nitrogens is 2. The molecule has 0 saturated carbocycles. The fourth-order valence-electron chi connectivity index (χ4n) is 2.66. The van der Waals surface area contributed by atoms with Gasteiger partial charge in [-0.3, -0.25) is 9.30 Å². The summed E-state index contributed by atoms with van der Waals surface area (Å²) in [5, 5.41) is 11.4. The van der Waals surface area contributed by atoms with E-state index in [0.29, 0.717) is 19.6 Å². The van der Waals surface area contributed by atoms with E-state index in [-0.39, 0.29) is 6.61 Å². The van der Waals surface area contributed by atoms with Crippen LogP contribution in [0.4, 0.5) is 0 Å². The molecular formula is C17H21N3O3S. The lowest BCUT2D eigenvalue weighted by Gasteiger charge is -2.21. The second kappa shape index (κ2) is 7.65. The Balaban J connectivity index is 1.77. The fraction of sp³-hybridized carbons (Fsp3) is 0.353. The molecule has 1 aromatic carbocycles. The molecule has 2 heterocycles. The third-order valence-corrected chi connectivity index (χ3v) is 4.60. The summed E-state index contributed by atoms with van der Waals surface area (Å²) in [7, 11) is 3.29. The standard InChI is InChI=1S/C17H21N3O3S/c1-22-15-4-3-13(16(9-15)23-2)10-19(5-7-21)11-14-12-20-6-8-24-17(20)18-14/h3-4,6,8-9,12,21H,5,7,10-11H2,1-2H3. The van der Waals surface area contributed by atoms with E-state index in [0.717, 1.165) is 27.7 Å². The van der Waals surface area contributed by atoms with Crippen LogP contribution >= 0.6 is 11.3 Å². The first kappa shape index (κ1) is 16.8. The summed E-state index contributed by atoms with van der Waals surface area (Å²) in [6.07, 6.45) is 4.03. The SMILES string of the molecule is COc1ccc(CN(CCO)Cc2cn3ccsc3n2)c(OC)c1.